The molecule has 1 amide bonds. The number of aliphatic hydroxyl groups excluding tert-OH is 1. The first-order chi connectivity index (χ1) is 9.42. The predicted molar refractivity (Wildman–Crippen MR) is 77.5 cm³/mol. The van der Waals surface area contributed by atoms with Gasteiger partial charge in [0.2, 0.25) is 5.91 Å². The SMILES string of the molecule is CC1CN(C(=O)CN2CCCC(C)(CO)C2)CC(C)O1. The van der Waals surface area contributed by atoms with E-state index in [4.69, 9.17) is 4.74 Å². The number of rotatable bonds is 3. The number of morpholine rings is 1. The van der Waals surface area contributed by atoms with E-state index in [1.807, 2.05) is 18.7 Å². The third kappa shape index (κ3) is 3.93. The highest BCUT2D eigenvalue weighted by atomic mass is 16.5. The van der Waals surface area contributed by atoms with Gasteiger partial charge in [-0.25, -0.2) is 0 Å². The number of carbonyl (C=O) groups excluding carboxylic acids is 1. The van der Waals surface area contributed by atoms with E-state index in [0.29, 0.717) is 19.6 Å². The maximum absolute atomic E-state index is 12.4. The van der Waals surface area contributed by atoms with Gasteiger partial charge in [-0.1, -0.05) is 6.92 Å². The molecule has 2 aliphatic heterocycles. The van der Waals surface area contributed by atoms with Gasteiger partial charge in [-0.15, -0.1) is 0 Å². The molecular formula is C15H28N2O3. The van der Waals surface area contributed by atoms with Crippen molar-refractivity contribution in [2.24, 2.45) is 5.41 Å². The molecule has 0 spiro atoms. The summed E-state index contributed by atoms with van der Waals surface area (Å²) in [5, 5.41) is 9.48. The Morgan fingerprint density at radius 2 is 2.00 bits per heavy atom. The molecule has 3 atom stereocenters. The van der Waals surface area contributed by atoms with Crippen LogP contribution in [0.4, 0.5) is 0 Å². The Bertz CT molecular complexity index is 340. The molecule has 2 fully saturated rings. The summed E-state index contributed by atoms with van der Waals surface area (Å²) in [5.74, 6) is 0.189. The van der Waals surface area contributed by atoms with Crippen molar-refractivity contribution >= 4 is 5.91 Å². The van der Waals surface area contributed by atoms with Crippen LogP contribution in [-0.4, -0.2) is 72.4 Å². The molecule has 2 heterocycles. The van der Waals surface area contributed by atoms with Crippen LogP contribution in [0.1, 0.15) is 33.6 Å². The summed E-state index contributed by atoms with van der Waals surface area (Å²) >= 11 is 0. The van der Waals surface area contributed by atoms with Crippen molar-refractivity contribution in [3.63, 3.8) is 0 Å². The second-order valence-corrected chi connectivity index (χ2v) is 6.84. The monoisotopic (exact) mass is 284 g/mol. The molecule has 0 radical (unpaired) electrons. The average Bonchev–Trinajstić information content (AvgIpc) is 2.37. The largest absolute Gasteiger partial charge is 0.396 e. The first-order valence-electron chi connectivity index (χ1n) is 7.68. The summed E-state index contributed by atoms with van der Waals surface area (Å²) in [7, 11) is 0. The van der Waals surface area contributed by atoms with Crippen molar-refractivity contribution in [3.05, 3.63) is 0 Å². The summed E-state index contributed by atoms with van der Waals surface area (Å²) in [4.78, 5) is 16.5. The third-order valence-corrected chi connectivity index (χ3v) is 4.37. The molecule has 5 nitrogen and oxygen atoms in total. The first-order valence-corrected chi connectivity index (χ1v) is 7.68. The second-order valence-electron chi connectivity index (χ2n) is 6.84. The molecule has 116 valence electrons. The van der Waals surface area contributed by atoms with E-state index in [-0.39, 0.29) is 30.1 Å². The zero-order valence-corrected chi connectivity index (χ0v) is 13.0. The highest BCUT2D eigenvalue weighted by molar-refractivity contribution is 5.78. The van der Waals surface area contributed by atoms with Gasteiger partial charge in [0.1, 0.15) is 0 Å². The number of likely N-dealkylation sites (tertiary alicyclic amines) is 1. The van der Waals surface area contributed by atoms with E-state index >= 15 is 0 Å². The fourth-order valence-corrected chi connectivity index (χ4v) is 3.36. The molecule has 0 aliphatic carbocycles. The molecular weight excluding hydrogens is 256 g/mol. The van der Waals surface area contributed by atoms with E-state index in [9.17, 15) is 9.90 Å². The lowest BCUT2D eigenvalue weighted by Gasteiger charge is -2.41. The summed E-state index contributed by atoms with van der Waals surface area (Å²) in [6.07, 6.45) is 2.33. The summed E-state index contributed by atoms with van der Waals surface area (Å²) in [6, 6.07) is 0. The number of aliphatic hydroxyl groups is 1. The van der Waals surface area contributed by atoms with Crippen LogP contribution in [0.15, 0.2) is 0 Å². The van der Waals surface area contributed by atoms with E-state index in [2.05, 4.69) is 11.8 Å². The molecule has 2 rings (SSSR count). The smallest absolute Gasteiger partial charge is 0.236 e. The lowest BCUT2D eigenvalue weighted by molar-refractivity contribution is -0.145. The molecule has 0 aromatic carbocycles. The van der Waals surface area contributed by atoms with Gasteiger partial charge in [0.05, 0.1) is 18.8 Å². The van der Waals surface area contributed by atoms with E-state index in [0.717, 1.165) is 25.9 Å². The first kappa shape index (κ1) is 15.7. The fourth-order valence-electron chi connectivity index (χ4n) is 3.36. The fraction of sp³-hybridized carbons (Fsp3) is 0.933. The van der Waals surface area contributed by atoms with Gasteiger partial charge in [0, 0.05) is 31.7 Å². The zero-order valence-electron chi connectivity index (χ0n) is 13.0. The van der Waals surface area contributed by atoms with Crippen molar-refractivity contribution in [1.82, 2.24) is 9.80 Å². The molecule has 2 saturated heterocycles. The Hall–Kier alpha value is -0.650. The highest BCUT2D eigenvalue weighted by Crippen LogP contribution is 2.28. The Morgan fingerprint density at radius 1 is 1.35 bits per heavy atom. The van der Waals surface area contributed by atoms with Crippen molar-refractivity contribution in [3.8, 4) is 0 Å². The normalized spacial score (nSPS) is 36.1. The average molecular weight is 284 g/mol. The second kappa shape index (κ2) is 6.41. The van der Waals surface area contributed by atoms with Gasteiger partial charge in [-0.05, 0) is 33.2 Å². The number of ether oxygens (including phenoxy) is 1. The van der Waals surface area contributed by atoms with Crippen LogP contribution in [-0.2, 0) is 9.53 Å². The standard InChI is InChI=1S/C15H28N2O3/c1-12-7-17(8-13(2)20-12)14(19)9-16-6-4-5-15(3,10-16)11-18/h12-13,18H,4-11H2,1-3H3. The number of hydrogen-bond donors (Lipinski definition) is 1. The Kier molecular flexibility index (Phi) is 5.04. The molecule has 0 bridgehead atoms. The van der Waals surface area contributed by atoms with Crippen molar-refractivity contribution in [2.75, 3.05) is 39.3 Å². The van der Waals surface area contributed by atoms with Crippen LogP contribution in [0.25, 0.3) is 0 Å². The lowest BCUT2D eigenvalue weighted by atomic mass is 9.83. The number of amides is 1. The van der Waals surface area contributed by atoms with Gasteiger partial charge in [0.15, 0.2) is 0 Å². The predicted octanol–water partition coefficient (Wildman–Crippen LogP) is 0.717. The van der Waals surface area contributed by atoms with E-state index in [1.165, 1.54) is 0 Å². The molecule has 3 unspecified atom stereocenters. The maximum atomic E-state index is 12.4. The summed E-state index contributed by atoms with van der Waals surface area (Å²) in [6.45, 7) is 9.93. The number of carbonyl (C=O) groups is 1. The molecule has 2 aliphatic rings. The van der Waals surface area contributed by atoms with Crippen LogP contribution in [0.3, 0.4) is 0 Å². The van der Waals surface area contributed by atoms with Crippen LogP contribution in [0.5, 0.6) is 0 Å². The van der Waals surface area contributed by atoms with Crippen molar-refractivity contribution in [1.29, 1.82) is 0 Å². The topological polar surface area (TPSA) is 53.0 Å². The zero-order chi connectivity index (χ0) is 14.8. The molecule has 20 heavy (non-hydrogen) atoms. The van der Waals surface area contributed by atoms with Gasteiger partial charge in [-0.3, -0.25) is 9.69 Å². The maximum Gasteiger partial charge on any atom is 0.236 e. The van der Waals surface area contributed by atoms with Crippen molar-refractivity contribution in [2.45, 2.75) is 45.8 Å². The van der Waals surface area contributed by atoms with Crippen LogP contribution in [0, 0.1) is 5.41 Å². The summed E-state index contributed by atoms with van der Waals surface area (Å²) < 4.78 is 5.67. The lowest BCUT2D eigenvalue weighted by Crippen LogP contribution is -2.53. The number of piperidine rings is 1. The Labute approximate surface area is 121 Å². The molecule has 5 heteroatoms. The van der Waals surface area contributed by atoms with Gasteiger partial charge < -0.3 is 14.7 Å². The highest BCUT2D eigenvalue weighted by Gasteiger charge is 2.33. The van der Waals surface area contributed by atoms with Crippen LogP contribution < -0.4 is 0 Å². The minimum absolute atomic E-state index is 0.0515. The molecule has 0 saturated carbocycles. The Morgan fingerprint density at radius 3 is 2.60 bits per heavy atom. The molecule has 0 aromatic rings. The van der Waals surface area contributed by atoms with E-state index < -0.39 is 0 Å². The van der Waals surface area contributed by atoms with Crippen LogP contribution >= 0.6 is 0 Å². The quantitative estimate of drug-likeness (QED) is 0.829. The Balaban J connectivity index is 1.87. The summed E-state index contributed by atoms with van der Waals surface area (Å²) in [5.41, 5.74) is -0.0515. The number of nitrogens with zero attached hydrogens (tertiary/aromatic N) is 2. The van der Waals surface area contributed by atoms with Gasteiger partial charge in [0.25, 0.3) is 0 Å². The molecule has 0 aromatic heterocycles. The minimum Gasteiger partial charge on any atom is -0.396 e. The van der Waals surface area contributed by atoms with Gasteiger partial charge in [-0.2, -0.15) is 0 Å². The third-order valence-electron chi connectivity index (χ3n) is 4.37. The van der Waals surface area contributed by atoms with Crippen LogP contribution in [0.2, 0.25) is 0 Å². The van der Waals surface area contributed by atoms with E-state index in [1.54, 1.807) is 0 Å². The van der Waals surface area contributed by atoms with Gasteiger partial charge >= 0.3 is 0 Å². The minimum atomic E-state index is -0.0515. The van der Waals surface area contributed by atoms with Crippen molar-refractivity contribution < 1.29 is 14.6 Å². The number of hydrogen-bond acceptors (Lipinski definition) is 4. The molecule has 1 N–H and O–H groups in total.